The lowest BCUT2D eigenvalue weighted by Gasteiger charge is -2.43. The third kappa shape index (κ3) is 5.10. The summed E-state index contributed by atoms with van der Waals surface area (Å²) in [6, 6.07) is -0.144. The van der Waals surface area contributed by atoms with E-state index in [-0.39, 0.29) is 46.7 Å². The van der Waals surface area contributed by atoms with Crippen molar-refractivity contribution in [3.8, 4) is 0 Å². The zero-order chi connectivity index (χ0) is 23.6. The van der Waals surface area contributed by atoms with Gasteiger partial charge >= 0.3 is 0 Å². The van der Waals surface area contributed by atoms with Gasteiger partial charge in [0, 0.05) is 19.7 Å². The van der Waals surface area contributed by atoms with Gasteiger partial charge in [0.1, 0.15) is 5.56 Å². The number of amides is 1. The highest BCUT2D eigenvalue weighted by molar-refractivity contribution is 7.92. The van der Waals surface area contributed by atoms with Crippen molar-refractivity contribution in [1.82, 2.24) is 30.1 Å². The first-order valence-corrected chi connectivity index (χ1v) is 12.8. The summed E-state index contributed by atoms with van der Waals surface area (Å²) >= 11 is 0. The lowest BCUT2D eigenvalue weighted by Crippen LogP contribution is -2.61. The molecule has 0 aromatic carbocycles. The maximum absolute atomic E-state index is 13.4. The number of hydrogen-bond acceptors (Lipinski definition) is 9. The standard InChI is InChI=1S/C20H30FN7O4S/c1-32-8-9-33(30,31)14-3-6-27(7-4-14)16-2-5-23-11-15(16)25-20(29)17-18(22)26-28-12-13(21)10-24-19(17)28/h10,12,14-16,23H,2-9,11H2,1H3,(H2,22,26)(H,25,29). The molecule has 33 heavy (non-hydrogen) atoms. The van der Waals surface area contributed by atoms with E-state index in [0.29, 0.717) is 32.5 Å². The average Bonchev–Trinajstić information content (AvgIpc) is 3.13. The molecule has 4 rings (SSSR count). The zero-order valence-electron chi connectivity index (χ0n) is 18.5. The summed E-state index contributed by atoms with van der Waals surface area (Å²) in [6.45, 7) is 2.88. The number of nitrogens with two attached hydrogens (primary N) is 1. The van der Waals surface area contributed by atoms with Crippen LogP contribution in [0.25, 0.3) is 5.65 Å². The Bertz CT molecular complexity index is 1100. The summed E-state index contributed by atoms with van der Waals surface area (Å²) in [6.07, 6.45) is 4.08. The third-order valence-corrected chi connectivity index (χ3v) is 8.71. The van der Waals surface area contributed by atoms with Gasteiger partial charge in [-0.25, -0.2) is 22.3 Å². The number of rotatable bonds is 7. The molecule has 2 saturated heterocycles. The Labute approximate surface area is 191 Å². The van der Waals surface area contributed by atoms with Crippen LogP contribution in [0.3, 0.4) is 0 Å². The van der Waals surface area contributed by atoms with Gasteiger partial charge < -0.3 is 21.1 Å². The average molecular weight is 484 g/mol. The number of anilines is 1. The number of sulfone groups is 1. The molecule has 13 heteroatoms. The number of nitrogens with one attached hydrogen (secondary N) is 2. The van der Waals surface area contributed by atoms with Crippen LogP contribution in [-0.4, -0.2) is 96.8 Å². The third-order valence-electron chi connectivity index (χ3n) is 6.48. The van der Waals surface area contributed by atoms with Gasteiger partial charge in [-0.2, -0.15) is 0 Å². The molecule has 0 spiro atoms. The van der Waals surface area contributed by atoms with E-state index >= 15 is 0 Å². The van der Waals surface area contributed by atoms with Gasteiger partial charge in [-0.3, -0.25) is 9.69 Å². The zero-order valence-corrected chi connectivity index (χ0v) is 19.4. The van der Waals surface area contributed by atoms with E-state index in [9.17, 15) is 17.6 Å². The molecule has 4 heterocycles. The summed E-state index contributed by atoms with van der Waals surface area (Å²) in [5.74, 6) is -0.981. The number of nitrogens with zero attached hydrogens (tertiary/aromatic N) is 4. The number of piperidine rings is 2. The highest BCUT2D eigenvalue weighted by Gasteiger charge is 2.37. The SMILES string of the molecule is COCCS(=O)(=O)C1CCN(C2CCNCC2NC(=O)c2c(N)nn3cc(F)cnc23)CC1. The van der Waals surface area contributed by atoms with E-state index in [2.05, 4.69) is 25.6 Å². The Morgan fingerprint density at radius 1 is 1.36 bits per heavy atom. The Morgan fingerprint density at radius 3 is 2.85 bits per heavy atom. The molecular weight excluding hydrogens is 453 g/mol. The van der Waals surface area contributed by atoms with Gasteiger partial charge in [-0.1, -0.05) is 0 Å². The number of likely N-dealkylation sites (tertiary alicyclic amines) is 1. The molecule has 11 nitrogen and oxygen atoms in total. The van der Waals surface area contributed by atoms with Crippen molar-refractivity contribution in [1.29, 1.82) is 0 Å². The quantitative estimate of drug-likeness (QED) is 0.472. The van der Waals surface area contributed by atoms with Crippen LogP contribution in [-0.2, 0) is 14.6 Å². The highest BCUT2D eigenvalue weighted by atomic mass is 32.2. The predicted molar refractivity (Wildman–Crippen MR) is 120 cm³/mol. The molecule has 0 saturated carbocycles. The number of halogens is 1. The summed E-state index contributed by atoms with van der Waals surface area (Å²) in [4.78, 5) is 19.3. The van der Waals surface area contributed by atoms with Crippen LogP contribution in [0.1, 0.15) is 29.6 Å². The smallest absolute Gasteiger partial charge is 0.259 e. The molecule has 2 aliphatic rings. The minimum atomic E-state index is -3.18. The largest absolute Gasteiger partial charge is 0.384 e. The second kappa shape index (κ2) is 9.87. The van der Waals surface area contributed by atoms with Crippen LogP contribution < -0.4 is 16.4 Å². The number of ether oxygens (including phenoxy) is 1. The van der Waals surface area contributed by atoms with Gasteiger partial charge in [0.15, 0.2) is 27.1 Å². The first-order valence-electron chi connectivity index (χ1n) is 11.1. The first-order chi connectivity index (χ1) is 15.8. The summed E-state index contributed by atoms with van der Waals surface area (Å²) in [5.41, 5.74) is 6.23. The van der Waals surface area contributed by atoms with Crippen molar-refractivity contribution in [2.24, 2.45) is 0 Å². The van der Waals surface area contributed by atoms with Gasteiger partial charge in [0.2, 0.25) is 0 Å². The molecule has 0 radical (unpaired) electrons. The molecule has 2 aromatic heterocycles. The number of carbonyl (C=O) groups is 1. The molecule has 4 N–H and O–H groups in total. The maximum Gasteiger partial charge on any atom is 0.259 e. The Balaban J connectivity index is 1.43. The molecule has 2 aromatic rings. The van der Waals surface area contributed by atoms with Crippen molar-refractivity contribution in [2.45, 2.75) is 36.6 Å². The molecule has 2 unspecified atom stereocenters. The van der Waals surface area contributed by atoms with Crippen molar-refractivity contribution < 1.29 is 22.3 Å². The van der Waals surface area contributed by atoms with E-state index < -0.39 is 21.6 Å². The molecule has 1 amide bonds. The number of fused-ring (bicyclic) bond motifs is 1. The molecular formula is C20H30FN7O4S. The van der Waals surface area contributed by atoms with E-state index in [1.54, 1.807) is 0 Å². The van der Waals surface area contributed by atoms with E-state index in [1.165, 1.54) is 7.11 Å². The van der Waals surface area contributed by atoms with Gasteiger partial charge in [-0.15, -0.1) is 5.10 Å². The van der Waals surface area contributed by atoms with Crippen molar-refractivity contribution >= 4 is 27.2 Å². The lowest BCUT2D eigenvalue weighted by atomic mass is 9.96. The maximum atomic E-state index is 13.4. The van der Waals surface area contributed by atoms with Crippen LogP contribution in [0.2, 0.25) is 0 Å². The van der Waals surface area contributed by atoms with Crippen molar-refractivity contribution in [2.75, 3.05) is 51.4 Å². The number of aromatic nitrogens is 3. The number of nitrogen functional groups attached to an aromatic ring is 1. The molecule has 2 aliphatic heterocycles. The first kappa shape index (κ1) is 23.8. The second-order valence-corrected chi connectivity index (χ2v) is 10.9. The van der Waals surface area contributed by atoms with Gasteiger partial charge in [0.05, 0.1) is 36.0 Å². The number of carbonyl (C=O) groups excluding carboxylic acids is 1. The minimum Gasteiger partial charge on any atom is -0.384 e. The fourth-order valence-electron chi connectivity index (χ4n) is 4.75. The normalized spacial score (nSPS) is 23.1. The van der Waals surface area contributed by atoms with Crippen LogP contribution in [0.5, 0.6) is 0 Å². The Kier molecular flexibility index (Phi) is 7.12. The molecule has 2 atom stereocenters. The predicted octanol–water partition coefficient (Wildman–Crippen LogP) is -0.563. The van der Waals surface area contributed by atoms with Crippen molar-refractivity contribution in [3.63, 3.8) is 0 Å². The second-order valence-electron chi connectivity index (χ2n) is 8.54. The van der Waals surface area contributed by atoms with E-state index in [1.807, 2.05) is 0 Å². The highest BCUT2D eigenvalue weighted by Crippen LogP contribution is 2.24. The fourth-order valence-corrected chi connectivity index (χ4v) is 6.41. The summed E-state index contributed by atoms with van der Waals surface area (Å²) in [7, 11) is -1.68. The van der Waals surface area contributed by atoms with Crippen LogP contribution in [0.4, 0.5) is 10.2 Å². The lowest BCUT2D eigenvalue weighted by molar-refractivity contribution is 0.0811. The molecule has 182 valence electrons. The van der Waals surface area contributed by atoms with Crippen LogP contribution in [0, 0.1) is 5.82 Å². The van der Waals surface area contributed by atoms with Gasteiger partial charge in [0.25, 0.3) is 5.91 Å². The topological polar surface area (TPSA) is 144 Å². The van der Waals surface area contributed by atoms with E-state index in [4.69, 9.17) is 10.5 Å². The van der Waals surface area contributed by atoms with Crippen LogP contribution >= 0.6 is 0 Å². The monoisotopic (exact) mass is 483 g/mol. The Morgan fingerprint density at radius 2 is 2.12 bits per heavy atom. The molecule has 0 aliphatic carbocycles. The van der Waals surface area contributed by atoms with Crippen LogP contribution in [0.15, 0.2) is 12.4 Å². The summed E-state index contributed by atoms with van der Waals surface area (Å²) < 4.78 is 44.6. The van der Waals surface area contributed by atoms with Crippen molar-refractivity contribution in [3.05, 3.63) is 23.8 Å². The number of methoxy groups -OCH3 is 1. The minimum absolute atomic E-state index is 0.0204. The van der Waals surface area contributed by atoms with E-state index in [0.717, 1.165) is 29.9 Å². The summed E-state index contributed by atoms with van der Waals surface area (Å²) in [5, 5.41) is 9.97. The Hall–Kier alpha value is -2.35. The molecule has 2 fully saturated rings. The van der Waals surface area contributed by atoms with Gasteiger partial charge in [-0.05, 0) is 38.9 Å². The molecule has 0 bridgehead atoms. The fraction of sp³-hybridized carbons (Fsp3) is 0.650. The number of hydrogen-bond donors (Lipinski definition) is 3.